The van der Waals surface area contributed by atoms with Gasteiger partial charge in [-0.2, -0.15) is 4.31 Å². The summed E-state index contributed by atoms with van der Waals surface area (Å²) in [7, 11) is -2.14. The van der Waals surface area contributed by atoms with Crippen LogP contribution in [0.2, 0.25) is 0 Å². The van der Waals surface area contributed by atoms with Crippen molar-refractivity contribution in [3.8, 4) is 5.75 Å². The van der Waals surface area contributed by atoms with Crippen LogP contribution in [-0.2, 0) is 21.2 Å². The molecule has 1 N–H and O–H groups in total. The molecule has 0 spiro atoms. The molecule has 0 bridgehead atoms. The number of methoxy groups -OCH3 is 1. The Kier molecular flexibility index (Phi) is 6.26. The van der Waals surface area contributed by atoms with E-state index in [0.29, 0.717) is 24.5 Å². The molecule has 2 aromatic carbocycles. The second kappa shape index (κ2) is 8.96. The normalized spacial score (nSPS) is 15.1. The van der Waals surface area contributed by atoms with Gasteiger partial charge in [0.05, 0.1) is 30.4 Å². The number of sulfonamides is 1. The molecule has 0 aliphatic carbocycles. The van der Waals surface area contributed by atoms with E-state index in [1.807, 2.05) is 26.0 Å². The summed E-state index contributed by atoms with van der Waals surface area (Å²) in [5.41, 5.74) is 4.09. The highest BCUT2D eigenvalue weighted by atomic mass is 32.2. The Morgan fingerprint density at radius 2 is 1.81 bits per heavy atom. The average Bonchev–Trinajstić information content (AvgIpc) is 3.15. The second-order valence-corrected chi connectivity index (χ2v) is 10.2. The number of hydrogen-bond donors (Lipinski definition) is 1. The van der Waals surface area contributed by atoms with Crippen LogP contribution < -0.4 is 10.1 Å². The second-order valence-electron chi connectivity index (χ2n) is 8.25. The van der Waals surface area contributed by atoms with E-state index in [4.69, 9.17) is 9.15 Å². The van der Waals surface area contributed by atoms with Crippen molar-refractivity contribution < 1.29 is 22.4 Å². The molecule has 32 heavy (non-hydrogen) atoms. The fourth-order valence-electron chi connectivity index (χ4n) is 4.04. The molecule has 1 aromatic heterocycles. The Morgan fingerprint density at radius 1 is 1.09 bits per heavy atom. The smallest absolute Gasteiger partial charge is 0.243 e. The van der Waals surface area contributed by atoms with Gasteiger partial charge in [0.2, 0.25) is 15.9 Å². The third-order valence-corrected chi connectivity index (χ3v) is 7.91. The largest absolute Gasteiger partial charge is 0.495 e. The van der Waals surface area contributed by atoms with Crippen LogP contribution >= 0.6 is 0 Å². The van der Waals surface area contributed by atoms with Gasteiger partial charge in [-0.1, -0.05) is 6.42 Å². The van der Waals surface area contributed by atoms with Crippen molar-refractivity contribution >= 4 is 32.6 Å². The molecule has 4 rings (SSSR count). The molecule has 1 amide bonds. The Balaban J connectivity index is 1.57. The number of fused-ring (bicyclic) bond motifs is 1. The Morgan fingerprint density at radius 3 is 2.53 bits per heavy atom. The third kappa shape index (κ3) is 4.38. The fraction of sp³-hybridized carbons (Fsp3) is 0.375. The topological polar surface area (TPSA) is 88.9 Å². The van der Waals surface area contributed by atoms with E-state index < -0.39 is 10.0 Å². The first-order chi connectivity index (χ1) is 15.3. The quantitative estimate of drug-likeness (QED) is 0.593. The number of carbonyl (C=O) groups excluding carboxylic acids is 1. The van der Waals surface area contributed by atoms with E-state index >= 15 is 0 Å². The van der Waals surface area contributed by atoms with Gasteiger partial charge < -0.3 is 14.5 Å². The molecule has 1 aliphatic rings. The molecule has 2 heterocycles. The highest BCUT2D eigenvalue weighted by molar-refractivity contribution is 7.89. The van der Waals surface area contributed by atoms with Crippen molar-refractivity contribution in [2.45, 2.75) is 44.4 Å². The van der Waals surface area contributed by atoms with Crippen LogP contribution in [-0.4, -0.2) is 38.8 Å². The van der Waals surface area contributed by atoms with Crippen molar-refractivity contribution in [1.82, 2.24) is 4.31 Å². The van der Waals surface area contributed by atoms with Gasteiger partial charge in [-0.3, -0.25) is 4.79 Å². The number of aryl methyl sites for hydroxylation is 2. The summed E-state index contributed by atoms with van der Waals surface area (Å²) in [5.74, 6) is 0.121. The Labute approximate surface area is 188 Å². The maximum atomic E-state index is 13.0. The number of ether oxygens (including phenoxy) is 1. The van der Waals surface area contributed by atoms with Crippen molar-refractivity contribution in [2.24, 2.45) is 0 Å². The van der Waals surface area contributed by atoms with Gasteiger partial charge in [-0.25, -0.2) is 8.42 Å². The summed E-state index contributed by atoms with van der Waals surface area (Å²) in [5, 5.41) is 3.72. The van der Waals surface area contributed by atoms with Crippen LogP contribution in [0.5, 0.6) is 5.75 Å². The summed E-state index contributed by atoms with van der Waals surface area (Å²) < 4.78 is 38.6. The zero-order valence-corrected chi connectivity index (χ0v) is 19.4. The molecule has 1 aliphatic heterocycles. The van der Waals surface area contributed by atoms with Crippen molar-refractivity contribution in [2.75, 3.05) is 25.5 Å². The highest BCUT2D eigenvalue weighted by Gasteiger charge is 2.27. The molecular weight excluding hydrogens is 428 g/mol. The summed E-state index contributed by atoms with van der Waals surface area (Å²) in [6.45, 7) is 5.07. The van der Waals surface area contributed by atoms with Crippen LogP contribution in [0, 0.1) is 13.8 Å². The molecule has 3 aromatic rings. The molecule has 1 fully saturated rings. The minimum atomic E-state index is -3.62. The number of rotatable bonds is 6. The number of anilines is 1. The number of furan rings is 1. The number of hydrogen-bond acceptors (Lipinski definition) is 5. The van der Waals surface area contributed by atoms with E-state index in [0.717, 1.165) is 46.9 Å². The summed E-state index contributed by atoms with van der Waals surface area (Å²) in [4.78, 5) is 13.0. The number of nitrogens with one attached hydrogen (secondary N) is 1. The zero-order chi connectivity index (χ0) is 22.9. The lowest BCUT2D eigenvalue weighted by atomic mass is 10.0. The first-order valence-electron chi connectivity index (χ1n) is 10.7. The van der Waals surface area contributed by atoms with Crippen LogP contribution in [0.1, 0.15) is 36.0 Å². The zero-order valence-electron chi connectivity index (χ0n) is 18.6. The molecule has 0 saturated carbocycles. The van der Waals surface area contributed by atoms with Gasteiger partial charge in [-0.05, 0) is 68.1 Å². The summed E-state index contributed by atoms with van der Waals surface area (Å²) in [6, 6.07) is 8.55. The van der Waals surface area contributed by atoms with E-state index in [9.17, 15) is 13.2 Å². The van der Waals surface area contributed by atoms with Crippen LogP contribution in [0.25, 0.3) is 11.0 Å². The molecule has 1 saturated heterocycles. The molecule has 8 heteroatoms. The number of benzene rings is 2. The predicted molar refractivity (Wildman–Crippen MR) is 124 cm³/mol. The number of carbonyl (C=O) groups is 1. The maximum Gasteiger partial charge on any atom is 0.243 e. The van der Waals surface area contributed by atoms with Gasteiger partial charge >= 0.3 is 0 Å². The standard InChI is InChI=1S/C24H28N2O5S/c1-16-11-20-18(15-31-23(20)12-17(16)2)13-24(27)25-21-14-19(7-8-22(21)30-3)32(28,29)26-9-5-4-6-10-26/h7-8,11-12,14-15H,4-6,9-10,13H2,1-3H3,(H,25,27). The average molecular weight is 457 g/mol. The third-order valence-electron chi connectivity index (χ3n) is 6.02. The molecule has 7 nitrogen and oxygen atoms in total. The van der Waals surface area contributed by atoms with Crippen LogP contribution in [0.4, 0.5) is 5.69 Å². The van der Waals surface area contributed by atoms with Gasteiger partial charge in [0.15, 0.2) is 0 Å². The lowest BCUT2D eigenvalue weighted by Crippen LogP contribution is -2.35. The van der Waals surface area contributed by atoms with E-state index in [2.05, 4.69) is 5.32 Å². The fourth-order valence-corrected chi connectivity index (χ4v) is 5.58. The van der Waals surface area contributed by atoms with Crippen molar-refractivity contribution in [3.63, 3.8) is 0 Å². The molecule has 170 valence electrons. The first kappa shape index (κ1) is 22.4. The lowest BCUT2D eigenvalue weighted by Gasteiger charge is -2.26. The monoisotopic (exact) mass is 456 g/mol. The van der Waals surface area contributed by atoms with Crippen LogP contribution in [0.3, 0.4) is 0 Å². The van der Waals surface area contributed by atoms with Gasteiger partial charge in [0.25, 0.3) is 0 Å². The number of amides is 1. The lowest BCUT2D eigenvalue weighted by molar-refractivity contribution is -0.115. The van der Waals surface area contributed by atoms with E-state index in [-0.39, 0.29) is 17.2 Å². The Bertz CT molecular complexity index is 1260. The molecule has 0 unspecified atom stereocenters. The van der Waals surface area contributed by atoms with Gasteiger partial charge in [0, 0.05) is 24.0 Å². The SMILES string of the molecule is COc1ccc(S(=O)(=O)N2CCCCC2)cc1NC(=O)Cc1coc2cc(C)c(C)cc12. The minimum absolute atomic E-state index is 0.0990. The molecule has 0 atom stereocenters. The Hall–Kier alpha value is -2.84. The number of piperidine rings is 1. The van der Waals surface area contributed by atoms with E-state index in [1.165, 1.54) is 23.5 Å². The summed E-state index contributed by atoms with van der Waals surface area (Å²) >= 11 is 0. The first-order valence-corrected chi connectivity index (χ1v) is 12.2. The van der Waals surface area contributed by atoms with Crippen molar-refractivity contribution in [3.05, 3.63) is 53.3 Å². The summed E-state index contributed by atoms with van der Waals surface area (Å²) in [6.07, 6.45) is 4.45. The van der Waals surface area contributed by atoms with Crippen molar-refractivity contribution in [1.29, 1.82) is 0 Å². The molecular formula is C24H28N2O5S. The maximum absolute atomic E-state index is 13.0. The molecule has 0 radical (unpaired) electrons. The van der Waals surface area contributed by atoms with Crippen LogP contribution in [0.15, 0.2) is 45.9 Å². The van der Waals surface area contributed by atoms with Gasteiger partial charge in [0.1, 0.15) is 11.3 Å². The highest BCUT2D eigenvalue weighted by Crippen LogP contribution is 2.31. The van der Waals surface area contributed by atoms with Gasteiger partial charge in [-0.15, -0.1) is 0 Å². The number of nitrogens with zero attached hydrogens (tertiary/aromatic N) is 1. The van der Waals surface area contributed by atoms with E-state index in [1.54, 1.807) is 12.3 Å². The predicted octanol–water partition coefficient (Wildman–Crippen LogP) is 4.41. The minimum Gasteiger partial charge on any atom is -0.495 e.